The molecule has 0 aliphatic heterocycles. The lowest BCUT2D eigenvalue weighted by Gasteiger charge is -2.32. The first-order chi connectivity index (χ1) is 9.34. The van der Waals surface area contributed by atoms with Crippen molar-refractivity contribution in [3.8, 4) is 0 Å². The van der Waals surface area contributed by atoms with Crippen molar-refractivity contribution in [3.05, 3.63) is 0 Å². The molecule has 1 fully saturated rings. The van der Waals surface area contributed by atoms with E-state index in [0.717, 1.165) is 25.7 Å². The van der Waals surface area contributed by atoms with Crippen molar-refractivity contribution in [1.82, 2.24) is 10.6 Å². The molecule has 4 nitrogen and oxygen atoms in total. The van der Waals surface area contributed by atoms with Crippen LogP contribution in [0.1, 0.15) is 73.1 Å². The largest absolute Gasteiger partial charge is 0.444 e. The molecule has 0 aromatic heterocycles. The van der Waals surface area contributed by atoms with E-state index < -0.39 is 5.60 Å². The van der Waals surface area contributed by atoms with Crippen LogP contribution in [0.4, 0.5) is 4.79 Å². The summed E-state index contributed by atoms with van der Waals surface area (Å²) in [5.74, 6) is 0. The van der Waals surface area contributed by atoms with Crippen molar-refractivity contribution in [2.75, 3.05) is 0 Å². The molecular weight excluding hydrogens is 252 g/mol. The highest BCUT2D eigenvalue weighted by atomic mass is 16.6. The molecule has 1 rings (SSSR count). The summed E-state index contributed by atoms with van der Waals surface area (Å²) in [6.07, 6.45) is 6.44. The molecule has 20 heavy (non-hydrogen) atoms. The SMILES string of the molecule is CCC(CC)NC1CCC(NC(=O)OC(C)(C)C)CC1. The van der Waals surface area contributed by atoms with E-state index in [1.54, 1.807) is 0 Å². The van der Waals surface area contributed by atoms with Gasteiger partial charge in [0.25, 0.3) is 0 Å². The zero-order valence-corrected chi connectivity index (χ0v) is 13.8. The van der Waals surface area contributed by atoms with E-state index in [1.165, 1.54) is 12.8 Å². The average molecular weight is 284 g/mol. The molecule has 1 saturated carbocycles. The molecule has 4 heteroatoms. The second-order valence-electron chi connectivity index (χ2n) is 6.87. The Labute approximate surface area is 124 Å². The van der Waals surface area contributed by atoms with Crippen LogP contribution in [0.5, 0.6) is 0 Å². The number of amides is 1. The third kappa shape index (κ3) is 6.60. The lowest BCUT2D eigenvalue weighted by Crippen LogP contribution is -2.45. The monoisotopic (exact) mass is 284 g/mol. The van der Waals surface area contributed by atoms with Gasteiger partial charge in [-0.05, 0) is 59.3 Å². The zero-order valence-electron chi connectivity index (χ0n) is 13.8. The molecule has 2 N–H and O–H groups in total. The normalized spacial score (nSPS) is 23.7. The Hall–Kier alpha value is -0.770. The molecule has 0 aromatic rings. The second-order valence-corrected chi connectivity index (χ2v) is 6.87. The maximum atomic E-state index is 11.7. The summed E-state index contributed by atoms with van der Waals surface area (Å²) in [4.78, 5) is 11.7. The minimum Gasteiger partial charge on any atom is -0.444 e. The van der Waals surface area contributed by atoms with Crippen molar-refractivity contribution < 1.29 is 9.53 Å². The molecule has 0 bridgehead atoms. The van der Waals surface area contributed by atoms with Crippen LogP contribution >= 0.6 is 0 Å². The van der Waals surface area contributed by atoms with Crippen LogP contribution in [0.25, 0.3) is 0 Å². The quantitative estimate of drug-likeness (QED) is 0.811. The minimum atomic E-state index is -0.418. The molecule has 0 saturated heterocycles. The third-order valence-corrected chi connectivity index (χ3v) is 3.91. The van der Waals surface area contributed by atoms with Crippen LogP contribution in [-0.4, -0.2) is 29.8 Å². The number of nitrogens with one attached hydrogen (secondary N) is 2. The number of carbonyl (C=O) groups excluding carboxylic acids is 1. The number of hydrogen-bond acceptors (Lipinski definition) is 3. The molecule has 1 aliphatic rings. The Morgan fingerprint density at radius 3 is 2.05 bits per heavy atom. The molecule has 0 unspecified atom stereocenters. The van der Waals surface area contributed by atoms with Gasteiger partial charge in [0.2, 0.25) is 0 Å². The first kappa shape index (κ1) is 17.3. The zero-order chi connectivity index (χ0) is 15.2. The van der Waals surface area contributed by atoms with Gasteiger partial charge >= 0.3 is 6.09 Å². The standard InChI is InChI=1S/C16H32N2O2/c1-6-12(7-2)17-13-8-10-14(11-9-13)18-15(19)20-16(3,4)5/h12-14,17H,6-11H2,1-5H3,(H,18,19). The highest BCUT2D eigenvalue weighted by molar-refractivity contribution is 5.68. The summed E-state index contributed by atoms with van der Waals surface area (Å²) >= 11 is 0. The van der Waals surface area contributed by atoms with Crippen LogP contribution in [0.15, 0.2) is 0 Å². The van der Waals surface area contributed by atoms with Crippen molar-refractivity contribution in [1.29, 1.82) is 0 Å². The fourth-order valence-electron chi connectivity index (χ4n) is 2.74. The topological polar surface area (TPSA) is 50.4 Å². The molecule has 0 heterocycles. The molecule has 0 aromatic carbocycles. The van der Waals surface area contributed by atoms with Crippen LogP contribution in [0.2, 0.25) is 0 Å². The van der Waals surface area contributed by atoms with E-state index in [4.69, 9.17) is 4.74 Å². The number of carbonyl (C=O) groups is 1. The molecule has 0 atom stereocenters. The first-order valence-corrected chi connectivity index (χ1v) is 8.09. The lowest BCUT2D eigenvalue weighted by atomic mass is 9.90. The third-order valence-electron chi connectivity index (χ3n) is 3.91. The summed E-state index contributed by atoms with van der Waals surface area (Å²) < 4.78 is 5.30. The molecule has 1 amide bonds. The van der Waals surface area contributed by atoms with Crippen LogP contribution in [0.3, 0.4) is 0 Å². The van der Waals surface area contributed by atoms with Crippen LogP contribution < -0.4 is 10.6 Å². The van der Waals surface area contributed by atoms with Gasteiger partial charge in [0.05, 0.1) is 0 Å². The first-order valence-electron chi connectivity index (χ1n) is 8.09. The predicted octanol–water partition coefficient (Wildman–Crippen LogP) is 3.60. The van der Waals surface area contributed by atoms with Gasteiger partial charge in [-0.1, -0.05) is 13.8 Å². The fourth-order valence-corrected chi connectivity index (χ4v) is 2.74. The van der Waals surface area contributed by atoms with Gasteiger partial charge in [-0.3, -0.25) is 0 Å². The Morgan fingerprint density at radius 2 is 1.60 bits per heavy atom. The van der Waals surface area contributed by atoms with Gasteiger partial charge in [0.15, 0.2) is 0 Å². The van der Waals surface area contributed by atoms with Crippen molar-refractivity contribution in [2.24, 2.45) is 0 Å². The van der Waals surface area contributed by atoms with E-state index in [0.29, 0.717) is 12.1 Å². The van der Waals surface area contributed by atoms with Crippen LogP contribution in [0, 0.1) is 0 Å². The number of rotatable bonds is 5. The predicted molar refractivity (Wildman–Crippen MR) is 82.9 cm³/mol. The Kier molecular flexibility index (Phi) is 6.80. The maximum absolute atomic E-state index is 11.7. The van der Waals surface area contributed by atoms with E-state index in [9.17, 15) is 4.79 Å². The van der Waals surface area contributed by atoms with E-state index in [-0.39, 0.29) is 12.1 Å². The molecular formula is C16H32N2O2. The second kappa shape index (κ2) is 7.87. The number of hydrogen-bond donors (Lipinski definition) is 2. The summed E-state index contributed by atoms with van der Waals surface area (Å²) in [7, 11) is 0. The van der Waals surface area contributed by atoms with Gasteiger partial charge in [-0.25, -0.2) is 4.79 Å². The average Bonchev–Trinajstić information content (AvgIpc) is 2.35. The van der Waals surface area contributed by atoms with Crippen molar-refractivity contribution >= 4 is 6.09 Å². The van der Waals surface area contributed by atoms with Gasteiger partial charge in [-0.2, -0.15) is 0 Å². The summed E-state index contributed by atoms with van der Waals surface area (Å²) in [5, 5.41) is 6.71. The smallest absolute Gasteiger partial charge is 0.407 e. The number of ether oxygens (including phenoxy) is 1. The maximum Gasteiger partial charge on any atom is 0.407 e. The highest BCUT2D eigenvalue weighted by Gasteiger charge is 2.25. The van der Waals surface area contributed by atoms with Gasteiger partial charge < -0.3 is 15.4 Å². The Balaban J connectivity index is 2.27. The Bertz CT molecular complexity index is 287. The lowest BCUT2D eigenvalue weighted by molar-refractivity contribution is 0.0489. The number of alkyl carbamates (subject to hydrolysis) is 1. The highest BCUT2D eigenvalue weighted by Crippen LogP contribution is 2.20. The molecule has 0 spiro atoms. The van der Waals surface area contributed by atoms with Gasteiger partial charge in [0, 0.05) is 18.1 Å². The summed E-state index contributed by atoms with van der Waals surface area (Å²) in [6, 6.07) is 1.51. The van der Waals surface area contributed by atoms with Crippen molar-refractivity contribution in [3.63, 3.8) is 0 Å². The van der Waals surface area contributed by atoms with Gasteiger partial charge in [0.1, 0.15) is 5.60 Å². The van der Waals surface area contributed by atoms with Crippen molar-refractivity contribution in [2.45, 2.75) is 96.9 Å². The molecule has 0 radical (unpaired) electrons. The molecule has 118 valence electrons. The molecule has 1 aliphatic carbocycles. The minimum absolute atomic E-state index is 0.268. The fraction of sp³-hybridized carbons (Fsp3) is 0.938. The van der Waals surface area contributed by atoms with Crippen LogP contribution in [-0.2, 0) is 4.74 Å². The van der Waals surface area contributed by atoms with E-state index >= 15 is 0 Å². The van der Waals surface area contributed by atoms with E-state index in [2.05, 4.69) is 24.5 Å². The van der Waals surface area contributed by atoms with Gasteiger partial charge in [-0.15, -0.1) is 0 Å². The summed E-state index contributed by atoms with van der Waals surface area (Å²) in [6.45, 7) is 10.1. The summed E-state index contributed by atoms with van der Waals surface area (Å²) in [5.41, 5.74) is -0.418. The Morgan fingerprint density at radius 1 is 1.10 bits per heavy atom. The van der Waals surface area contributed by atoms with E-state index in [1.807, 2.05) is 20.8 Å².